The number of hydrazine groups is 1. The van der Waals surface area contributed by atoms with Crippen LogP contribution in [0, 0.1) is 0 Å². The van der Waals surface area contributed by atoms with Crippen LogP contribution >= 0.6 is 0 Å². The van der Waals surface area contributed by atoms with E-state index in [4.69, 9.17) is 4.74 Å². The number of rotatable bonds is 3. The van der Waals surface area contributed by atoms with Gasteiger partial charge in [0.2, 0.25) is 0 Å². The molecule has 0 spiro atoms. The van der Waals surface area contributed by atoms with Gasteiger partial charge in [-0.15, -0.1) is 0 Å². The molecule has 0 radical (unpaired) electrons. The fourth-order valence-corrected chi connectivity index (χ4v) is 1.94. The number of nitrogens with one attached hydrogen (secondary N) is 2. The number of para-hydroxylation sites is 1. The second-order valence-corrected chi connectivity index (χ2v) is 3.94. The van der Waals surface area contributed by atoms with E-state index in [2.05, 4.69) is 10.9 Å². The maximum atomic E-state index is 11.5. The van der Waals surface area contributed by atoms with Gasteiger partial charge in [0.1, 0.15) is 11.8 Å². The number of ether oxygens (including phenoxy) is 1. The number of phenols is 1. The fraction of sp³-hybridized carbons (Fsp3) is 0.417. The molecule has 1 fully saturated rings. The molecule has 5 heteroatoms. The number of esters is 1. The van der Waals surface area contributed by atoms with Crippen molar-refractivity contribution < 1.29 is 14.6 Å². The Kier molecular flexibility index (Phi) is 3.61. The molecule has 2 atom stereocenters. The van der Waals surface area contributed by atoms with Gasteiger partial charge >= 0.3 is 5.97 Å². The second kappa shape index (κ2) is 5.16. The SMILES string of the molecule is CCOC(=O)C1CC(c2ccccc2O)NN1. The Balaban J connectivity index is 2.03. The van der Waals surface area contributed by atoms with E-state index in [1.807, 2.05) is 12.1 Å². The molecule has 2 unspecified atom stereocenters. The topological polar surface area (TPSA) is 70.6 Å². The zero-order valence-electron chi connectivity index (χ0n) is 9.64. The van der Waals surface area contributed by atoms with E-state index < -0.39 is 0 Å². The fourth-order valence-electron chi connectivity index (χ4n) is 1.94. The summed E-state index contributed by atoms with van der Waals surface area (Å²) in [5.41, 5.74) is 6.66. The quantitative estimate of drug-likeness (QED) is 0.679. The van der Waals surface area contributed by atoms with Crippen molar-refractivity contribution in [2.45, 2.75) is 25.4 Å². The first-order valence-electron chi connectivity index (χ1n) is 5.68. The van der Waals surface area contributed by atoms with Crippen molar-refractivity contribution in [1.82, 2.24) is 10.9 Å². The third-order valence-electron chi connectivity index (χ3n) is 2.79. The predicted molar refractivity (Wildman–Crippen MR) is 62.2 cm³/mol. The summed E-state index contributed by atoms with van der Waals surface area (Å²) in [5, 5.41) is 9.72. The van der Waals surface area contributed by atoms with Crippen LogP contribution < -0.4 is 10.9 Å². The summed E-state index contributed by atoms with van der Waals surface area (Å²) < 4.78 is 4.94. The van der Waals surface area contributed by atoms with Gasteiger partial charge in [0, 0.05) is 5.56 Å². The Bertz CT molecular complexity index is 408. The van der Waals surface area contributed by atoms with Gasteiger partial charge in [-0.05, 0) is 19.4 Å². The maximum Gasteiger partial charge on any atom is 0.324 e. The predicted octanol–water partition coefficient (Wildman–Crippen LogP) is 0.863. The molecule has 0 bridgehead atoms. The van der Waals surface area contributed by atoms with Gasteiger partial charge in [0.15, 0.2) is 0 Å². The summed E-state index contributed by atoms with van der Waals surface area (Å²) in [6, 6.07) is 6.65. The minimum absolute atomic E-state index is 0.0781. The van der Waals surface area contributed by atoms with Crippen molar-refractivity contribution in [3.05, 3.63) is 29.8 Å². The van der Waals surface area contributed by atoms with Gasteiger partial charge in [0.25, 0.3) is 0 Å². The lowest BCUT2D eigenvalue weighted by atomic mass is 10.0. The Morgan fingerprint density at radius 1 is 1.47 bits per heavy atom. The van der Waals surface area contributed by atoms with E-state index in [9.17, 15) is 9.90 Å². The van der Waals surface area contributed by atoms with Crippen LogP contribution in [-0.4, -0.2) is 23.7 Å². The van der Waals surface area contributed by atoms with Crippen LogP contribution in [0.4, 0.5) is 0 Å². The Morgan fingerprint density at radius 2 is 2.24 bits per heavy atom. The van der Waals surface area contributed by atoms with Crippen molar-refractivity contribution in [3.63, 3.8) is 0 Å². The van der Waals surface area contributed by atoms with Crippen molar-refractivity contribution in [2.75, 3.05) is 6.61 Å². The molecule has 2 rings (SSSR count). The zero-order valence-corrected chi connectivity index (χ0v) is 9.64. The third kappa shape index (κ3) is 2.57. The largest absolute Gasteiger partial charge is 0.508 e. The van der Waals surface area contributed by atoms with Gasteiger partial charge in [-0.2, -0.15) is 0 Å². The highest BCUT2D eigenvalue weighted by molar-refractivity contribution is 5.76. The van der Waals surface area contributed by atoms with E-state index in [1.165, 1.54) is 0 Å². The molecule has 92 valence electrons. The summed E-state index contributed by atoms with van der Waals surface area (Å²) >= 11 is 0. The number of carbonyl (C=O) groups excluding carboxylic acids is 1. The Hall–Kier alpha value is -1.59. The van der Waals surface area contributed by atoms with Crippen LogP contribution in [0.25, 0.3) is 0 Å². The normalized spacial score (nSPS) is 23.6. The smallest absolute Gasteiger partial charge is 0.324 e. The first kappa shape index (κ1) is 11.9. The van der Waals surface area contributed by atoms with Crippen LogP contribution in [0.5, 0.6) is 5.75 Å². The summed E-state index contributed by atoms with van der Waals surface area (Å²) in [5.74, 6) is -0.0331. The van der Waals surface area contributed by atoms with Gasteiger partial charge in [-0.1, -0.05) is 18.2 Å². The highest BCUT2D eigenvalue weighted by atomic mass is 16.5. The summed E-state index contributed by atoms with van der Waals surface area (Å²) in [7, 11) is 0. The first-order chi connectivity index (χ1) is 8.22. The molecule has 17 heavy (non-hydrogen) atoms. The standard InChI is InChI=1S/C12H16N2O3/c1-2-17-12(16)10-7-9(13-14-10)8-5-3-4-6-11(8)15/h3-6,9-10,13-15H,2,7H2,1H3. The van der Waals surface area contributed by atoms with Gasteiger partial charge in [0.05, 0.1) is 12.6 Å². The molecular weight excluding hydrogens is 220 g/mol. The number of aromatic hydroxyl groups is 1. The van der Waals surface area contributed by atoms with Crippen molar-refractivity contribution >= 4 is 5.97 Å². The van der Waals surface area contributed by atoms with Crippen LogP contribution in [0.3, 0.4) is 0 Å². The lowest BCUT2D eigenvalue weighted by Gasteiger charge is -2.11. The molecule has 5 nitrogen and oxygen atoms in total. The summed E-state index contributed by atoms with van der Waals surface area (Å²) in [4.78, 5) is 11.5. The van der Waals surface area contributed by atoms with E-state index in [-0.39, 0.29) is 23.8 Å². The molecule has 1 aromatic carbocycles. The molecule has 1 saturated heterocycles. The number of hydrogen-bond acceptors (Lipinski definition) is 5. The van der Waals surface area contributed by atoms with Crippen molar-refractivity contribution in [2.24, 2.45) is 0 Å². The molecule has 1 aliphatic heterocycles. The van der Waals surface area contributed by atoms with E-state index in [0.717, 1.165) is 5.56 Å². The second-order valence-electron chi connectivity index (χ2n) is 3.94. The molecule has 0 amide bonds. The molecule has 1 aromatic rings. The molecular formula is C12H16N2O3. The molecule has 1 aliphatic rings. The average Bonchev–Trinajstić information content (AvgIpc) is 2.79. The van der Waals surface area contributed by atoms with E-state index in [1.54, 1.807) is 19.1 Å². The molecule has 0 aliphatic carbocycles. The molecule has 3 N–H and O–H groups in total. The summed E-state index contributed by atoms with van der Waals surface area (Å²) in [6.07, 6.45) is 0.566. The van der Waals surface area contributed by atoms with Crippen molar-refractivity contribution in [1.29, 1.82) is 0 Å². The van der Waals surface area contributed by atoms with Crippen molar-refractivity contribution in [3.8, 4) is 5.75 Å². The van der Waals surface area contributed by atoms with E-state index in [0.29, 0.717) is 13.0 Å². The zero-order chi connectivity index (χ0) is 12.3. The molecule has 1 heterocycles. The van der Waals surface area contributed by atoms with Gasteiger partial charge in [-0.25, -0.2) is 10.9 Å². The monoisotopic (exact) mass is 236 g/mol. The van der Waals surface area contributed by atoms with Gasteiger partial charge in [-0.3, -0.25) is 4.79 Å². The van der Waals surface area contributed by atoms with Crippen LogP contribution in [0.1, 0.15) is 24.9 Å². The first-order valence-corrected chi connectivity index (χ1v) is 5.68. The van der Waals surface area contributed by atoms with Crippen LogP contribution in [0.15, 0.2) is 24.3 Å². The van der Waals surface area contributed by atoms with Crippen LogP contribution in [-0.2, 0) is 9.53 Å². The lowest BCUT2D eigenvalue weighted by molar-refractivity contribution is -0.145. The van der Waals surface area contributed by atoms with E-state index >= 15 is 0 Å². The number of phenolic OH excluding ortho intramolecular Hbond substituents is 1. The van der Waals surface area contributed by atoms with Crippen LogP contribution in [0.2, 0.25) is 0 Å². The maximum absolute atomic E-state index is 11.5. The number of carbonyl (C=O) groups is 1. The summed E-state index contributed by atoms with van der Waals surface area (Å²) in [6.45, 7) is 2.15. The highest BCUT2D eigenvalue weighted by Gasteiger charge is 2.32. The molecule has 0 aromatic heterocycles. The lowest BCUT2D eigenvalue weighted by Crippen LogP contribution is -2.37. The molecule has 0 saturated carbocycles. The van der Waals surface area contributed by atoms with Gasteiger partial charge < -0.3 is 9.84 Å². The Morgan fingerprint density at radius 3 is 2.94 bits per heavy atom. The Labute approximate surface area is 99.8 Å². The highest BCUT2D eigenvalue weighted by Crippen LogP contribution is 2.29. The number of benzene rings is 1. The third-order valence-corrected chi connectivity index (χ3v) is 2.79. The minimum Gasteiger partial charge on any atom is -0.508 e. The minimum atomic E-state index is -0.362. The average molecular weight is 236 g/mol. The number of hydrogen-bond donors (Lipinski definition) is 3.